The smallest absolute Gasteiger partial charge is 0.257 e. The average molecular weight is 358 g/mol. The van der Waals surface area contributed by atoms with Crippen molar-refractivity contribution in [2.75, 3.05) is 5.32 Å². The number of benzene rings is 1. The normalized spacial score (nSPS) is 10.2. The van der Waals surface area contributed by atoms with E-state index in [1.54, 1.807) is 47.4 Å². The molecule has 0 radical (unpaired) electrons. The molecule has 0 aliphatic rings. The second kappa shape index (κ2) is 7.37. The molecule has 23 heavy (non-hydrogen) atoms. The summed E-state index contributed by atoms with van der Waals surface area (Å²) in [6, 6.07) is 12.6. The molecule has 114 valence electrons. The first-order chi connectivity index (χ1) is 11.2. The molecule has 1 amide bonds. The summed E-state index contributed by atoms with van der Waals surface area (Å²) in [6.45, 7) is 0. The zero-order valence-corrected chi connectivity index (χ0v) is 14.2. The first kappa shape index (κ1) is 15.7. The number of rotatable bonds is 5. The van der Waals surface area contributed by atoms with E-state index in [-0.39, 0.29) is 5.91 Å². The molecular formula is C15H10N4OS3. The Balaban J connectivity index is 1.59. The second-order valence-electron chi connectivity index (χ2n) is 4.38. The molecular weight excluding hydrogens is 348 g/mol. The van der Waals surface area contributed by atoms with Gasteiger partial charge in [0.1, 0.15) is 0 Å². The lowest BCUT2D eigenvalue weighted by Gasteiger charge is -2.00. The van der Waals surface area contributed by atoms with Gasteiger partial charge in [-0.15, -0.1) is 21.5 Å². The van der Waals surface area contributed by atoms with Gasteiger partial charge >= 0.3 is 0 Å². The van der Waals surface area contributed by atoms with Gasteiger partial charge in [0.05, 0.1) is 11.6 Å². The maximum atomic E-state index is 12.1. The van der Waals surface area contributed by atoms with Crippen LogP contribution < -0.4 is 5.32 Å². The molecule has 0 unspecified atom stereocenters. The molecule has 1 N–H and O–H groups in total. The largest absolute Gasteiger partial charge is 0.296 e. The number of anilines is 1. The van der Waals surface area contributed by atoms with Crippen LogP contribution in [0.2, 0.25) is 0 Å². The molecule has 0 saturated heterocycles. The van der Waals surface area contributed by atoms with E-state index in [1.165, 1.54) is 16.2 Å². The number of nitrogens with one attached hydrogen (secondary N) is 1. The Kier molecular flexibility index (Phi) is 5.02. The molecule has 0 atom stereocenters. The maximum Gasteiger partial charge on any atom is 0.257 e. The van der Waals surface area contributed by atoms with Crippen molar-refractivity contribution >= 4 is 45.5 Å². The molecule has 3 rings (SSSR count). The molecule has 1 aromatic carbocycles. The van der Waals surface area contributed by atoms with Gasteiger partial charge in [-0.1, -0.05) is 29.2 Å². The van der Waals surface area contributed by atoms with Crippen molar-refractivity contribution in [3.05, 3.63) is 57.8 Å². The highest BCUT2D eigenvalue weighted by atomic mass is 32.2. The Labute approximate surface area is 145 Å². The zero-order chi connectivity index (χ0) is 16.1. The van der Waals surface area contributed by atoms with Crippen LogP contribution in [0.1, 0.15) is 20.8 Å². The fraction of sp³-hybridized carbons (Fsp3) is 0.0667. The minimum Gasteiger partial charge on any atom is -0.296 e. The van der Waals surface area contributed by atoms with E-state index in [4.69, 9.17) is 5.26 Å². The molecule has 5 nitrogen and oxygen atoms in total. The predicted molar refractivity (Wildman–Crippen MR) is 92.9 cm³/mol. The first-order valence-electron chi connectivity index (χ1n) is 6.55. The highest BCUT2D eigenvalue weighted by molar-refractivity contribution is 8.00. The molecule has 0 bridgehead atoms. The van der Waals surface area contributed by atoms with Crippen LogP contribution in [-0.2, 0) is 5.75 Å². The number of hydrogen-bond donors (Lipinski definition) is 1. The molecule has 0 fully saturated rings. The maximum absolute atomic E-state index is 12.1. The number of thiophene rings is 1. The summed E-state index contributed by atoms with van der Waals surface area (Å²) >= 11 is 4.64. The lowest BCUT2D eigenvalue weighted by atomic mass is 10.1. The summed E-state index contributed by atoms with van der Waals surface area (Å²) in [5.41, 5.74) is 0.997. The fourth-order valence-corrected chi connectivity index (χ4v) is 4.23. The van der Waals surface area contributed by atoms with E-state index in [9.17, 15) is 4.79 Å². The van der Waals surface area contributed by atoms with Crippen molar-refractivity contribution in [1.29, 1.82) is 5.26 Å². The summed E-state index contributed by atoms with van der Waals surface area (Å²) in [5.74, 6) is 0.580. The molecule has 0 aliphatic carbocycles. The van der Waals surface area contributed by atoms with Crippen molar-refractivity contribution in [3.8, 4) is 6.07 Å². The van der Waals surface area contributed by atoms with Gasteiger partial charge in [0, 0.05) is 16.2 Å². The van der Waals surface area contributed by atoms with Gasteiger partial charge in [-0.3, -0.25) is 10.1 Å². The van der Waals surface area contributed by atoms with Crippen LogP contribution >= 0.6 is 34.4 Å². The predicted octanol–water partition coefficient (Wildman–Crippen LogP) is 4.02. The number of nitriles is 1. The molecule has 3 aromatic rings. The molecule has 8 heteroatoms. The highest BCUT2D eigenvalue weighted by Gasteiger charge is 2.11. The summed E-state index contributed by atoms with van der Waals surface area (Å²) in [4.78, 5) is 13.4. The molecule has 0 aliphatic heterocycles. The van der Waals surface area contributed by atoms with Gasteiger partial charge < -0.3 is 0 Å². The van der Waals surface area contributed by atoms with Crippen LogP contribution in [0.3, 0.4) is 0 Å². The number of amides is 1. The second-order valence-corrected chi connectivity index (χ2v) is 7.62. The van der Waals surface area contributed by atoms with E-state index in [0.717, 1.165) is 10.1 Å². The van der Waals surface area contributed by atoms with E-state index < -0.39 is 0 Å². The van der Waals surface area contributed by atoms with Crippen molar-refractivity contribution in [2.24, 2.45) is 0 Å². The topological polar surface area (TPSA) is 78.7 Å². The van der Waals surface area contributed by atoms with Crippen LogP contribution in [0.25, 0.3) is 0 Å². The van der Waals surface area contributed by atoms with Crippen LogP contribution in [0.4, 0.5) is 5.13 Å². The van der Waals surface area contributed by atoms with Gasteiger partial charge in [-0.25, -0.2) is 0 Å². The number of thioether (sulfide) groups is 1. The summed E-state index contributed by atoms with van der Waals surface area (Å²) in [7, 11) is 0. The first-order valence-corrected chi connectivity index (χ1v) is 9.23. The zero-order valence-electron chi connectivity index (χ0n) is 11.7. The van der Waals surface area contributed by atoms with Crippen LogP contribution in [0.15, 0.2) is 46.1 Å². The SMILES string of the molecule is N#Cc1ccc(C(=O)Nc2nnc(SCc3cccs3)s2)cc1. The molecule has 0 saturated carbocycles. The Hall–Kier alpha value is -2.21. The van der Waals surface area contributed by atoms with Crippen LogP contribution in [-0.4, -0.2) is 16.1 Å². The summed E-state index contributed by atoms with van der Waals surface area (Å²) in [5, 5.41) is 22.0. The Morgan fingerprint density at radius 1 is 1.26 bits per heavy atom. The fourth-order valence-electron chi connectivity index (χ4n) is 1.71. The van der Waals surface area contributed by atoms with Gasteiger partial charge in [0.25, 0.3) is 5.91 Å². The molecule has 0 spiro atoms. The summed E-state index contributed by atoms with van der Waals surface area (Å²) in [6.07, 6.45) is 0. The third kappa shape index (κ3) is 4.16. The van der Waals surface area contributed by atoms with Crippen molar-refractivity contribution < 1.29 is 4.79 Å². The molecule has 2 aromatic heterocycles. The van der Waals surface area contributed by atoms with E-state index in [0.29, 0.717) is 16.3 Å². The van der Waals surface area contributed by atoms with E-state index in [2.05, 4.69) is 21.6 Å². The van der Waals surface area contributed by atoms with Crippen molar-refractivity contribution in [2.45, 2.75) is 10.1 Å². The number of aromatic nitrogens is 2. The quantitative estimate of drug-likeness (QED) is 0.550. The Morgan fingerprint density at radius 2 is 2.09 bits per heavy atom. The third-order valence-corrected chi connectivity index (χ3v) is 5.90. The lowest BCUT2D eigenvalue weighted by molar-refractivity contribution is 0.102. The minimum absolute atomic E-state index is 0.263. The van der Waals surface area contributed by atoms with Gasteiger partial charge in [-0.2, -0.15) is 5.26 Å². The minimum atomic E-state index is -0.263. The number of carbonyl (C=O) groups is 1. The van der Waals surface area contributed by atoms with Crippen molar-refractivity contribution in [3.63, 3.8) is 0 Å². The monoisotopic (exact) mass is 358 g/mol. The highest BCUT2D eigenvalue weighted by Crippen LogP contribution is 2.29. The third-order valence-electron chi connectivity index (χ3n) is 2.82. The van der Waals surface area contributed by atoms with Crippen LogP contribution in [0.5, 0.6) is 0 Å². The summed E-state index contributed by atoms with van der Waals surface area (Å²) < 4.78 is 0.813. The van der Waals surface area contributed by atoms with E-state index >= 15 is 0 Å². The van der Waals surface area contributed by atoms with Gasteiger partial charge in [-0.05, 0) is 35.7 Å². The number of hydrogen-bond acceptors (Lipinski definition) is 7. The standard InChI is InChI=1S/C15H10N4OS3/c16-8-10-3-5-11(6-4-10)13(20)17-14-18-19-15(23-14)22-9-12-2-1-7-21-12/h1-7H,9H2,(H,17,18,20). The number of carbonyl (C=O) groups excluding carboxylic acids is 1. The molecule has 2 heterocycles. The van der Waals surface area contributed by atoms with Crippen LogP contribution in [0, 0.1) is 11.3 Å². The Bertz CT molecular complexity index is 834. The average Bonchev–Trinajstić information content (AvgIpc) is 3.24. The van der Waals surface area contributed by atoms with Crippen molar-refractivity contribution in [1.82, 2.24) is 10.2 Å². The van der Waals surface area contributed by atoms with E-state index in [1.807, 2.05) is 17.5 Å². The lowest BCUT2D eigenvalue weighted by Crippen LogP contribution is -2.11. The number of nitrogens with zero attached hydrogens (tertiary/aromatic N) is 3. The van der Waals surface area contributed by atoms with Gasteiger partial charge in [0.2, 0.25) is 5.13 Å². The Morgan fingerprint density at radius 3 is 2.78 bits per heavy atom. The van der Waals surface area contributed by atoms with Gasteiger partial charge in [0.15, 0.2) is 4.34 Å².